The molecule has 3 rings (SSSR count). The van der Waals surface area contributed by atoms with Crippen LogP contribution in [0.2, 0.25) is 0 Å². The Labute approximate surface area is 124 Å². The molecule has 2 atom stereocenters. The third kappa shape index (κ3) is 2.51. The maximum absolute atomic E-state index is 11.4. The minimum absolute atomic E-state index is 0.0260. The zero-order valence-corrected chi connectivity index (χ0v) is 12.2. The van der Waals surface area contributed by atoms with Crippen molar-refractivity contribution < 1.29 is 9.84 Å². The lowest BCUT2D eigenvalue weighted by molar-refractivity contribution is -0.0286. The number of aromatic nitrogens is 2. The van der Waals surface area contributed by atoms with E-state index in [0.717, 1.165) is 24.8 Å². The van der Waals surface area contributed by atoms with Crippen molar-refractivity contribution in [2.45, 2.75) is 37.2 Å². The van der Waals surface area contributed by atoms with Crippen molar-refractivity contribution in [2.24, 2.45) is 0 Å². The first kappa shape index (κ1) is 14.0. The SMILES string of the molecule is COc1nccnc1C1(O)CCCCC1c1ccccc1. The average molecular weight is 284 g/mol. The average Bonchev–Trinajstić information content (AvgIpc) is 2.56. The second-order valence-electron chi connectivity index (χ2n) is 5.55. The van der Waals surface area contributed by atoms with Crippen LogP contribution < -0.4 is 4.74 Å². The number of hydrogen-bond acceptors (Lipinski definition) is 4. The minimum Gasteiger partial charge on any atom is -0.480 e. The van der Waals surface area contributed by atoms with E-state index in [-0.39, 0.29) is 5.92 Å². The van der Waals surface area contributed by atoms with E-state index in [1.807, 2.05) is 18.2 Å². The summed E-state index contributed by atoms with van der Waals surface area (Å²) in [4.78, 5) is 8.58. The Bertz CT molecular complexity index is 603. The van der Waals surface area contributed by atoms with Crippen LogP contribution in [0.1, 0.15) is 42.9 Å². The normalized spacial score (nSPS) is 25.5. The fourth-order valence-corrected chi connectivity index (χ4v) is 3.34. The van der Waals surface area contributed by atoms with Crippen molar-refractivity contribution in [3.05, 3.63) is 54.0 Å². The van der Waals surface area contributed by atoms with Crippen molar-refractivity contribution in [3.8, 4) is 5.88 Å². The van der Waals surface area contributed by atoms with Gasteiger partial charge < -0.3 is 9.84 Å². The third-order valence-corrected chi connectivity index (χ3v) is 4.35. The van der Waals surface area contributed by atoms with Gasteiger partial charge in [-0.2, -0.15) is 0 Å². The summed E-state index contributed by atoms with van der Waals surface area (Å²) in [5.74, 6) is 0.445. The van der Waals surface area contributed by atoms with Crippen LogP contribution in [0, 0.1) is 0 Å². The molecule has 1 aromatic carbocycles. The number of hydrogen-bond donors (Lipinski definition) is 1. The molecule has 4 heteroatoms. The number of aliphatic hydroxyl groups is 1. The van der Waals surface area contributed by atoms with Gasteiger partial charge in [0.2, 0.25) is 5.88 Å². The fraction of sp³-hybridized carbons (Fsp3) is 0.412. The van der Waals surface area contributed by atoms with Gasteiger partial charge in [0.25, 0.3) is 0 Å². The van der Waals surface area contributed by atoms with E-state index in [2.05, 4.69) is 22.1 Å². The van der Waals surface area contributed by atoms with Gasteiger partial charge in [-0.05, 0) is 18.4 Å². The van der Waals surface area contributed by atoms with Crippen LogP contribution in [0.3, 0.4) is 0 Å². The molecule has 1 aliphatic rings. The number of benzene rings is 1. The van der Waals surface area contributed by atoms with Crippen LogP contribution in [0.25, 0.3) is 0 Å². The molecule has 2 aromatic rings. The summed E-state index contributed by atoms with van der Waals surface area (Å²) in [6.45, 7) is 0. The lowest BCUT2D eigenvalue weighted by Crippen LogP contribution is -2.37. The third-order valence-electron chi connectivity index (χ3n) is 4.35. The van der Waals surface area contributed by atoms with Crippen molar-refractivity contribution in [2.75, 3.05) is 7.11 Å². The predicted octanol–water partition coefficient (Wildman–Crippen LogP) is 3.03. The summed E-state index contributed by atoms with van der Waals surface area (Å²) in [7, 11) is 1.57. The summed E-state index contributed by atoms with van der Waals surface area (Å²) < 4.78 is 5.31. The zero-order chi connectivity index (χ0) is 14.7. The molecule has 110 valence electrons. The first-order chi connectivity index (χ1) is 10.3. The summed E-state index contributed by atoms with van der Waals surface area (Å²) in [6.07, 6.45) is 6.93. The van der Waals surface area contributed by atoms with Gasteiger partial charge in [-0.25, -0.2) is 4.98 Å². The second kappa shape index (κ2) is 5.82. The van der Waals surface area contributed by atoms with Gasteiger partial charge in [0.1, 0.15) is 11.3 Å². The van der Waals surface area contributed by atoms with Gasteiger partial charge >= 0.3 is 0 Å². The Kier molecular flexibility index (Phi) is 3.88. The summed E-state index contributed by atoms with van der Waals surface area (Å²) >= 11 is 0. The molecule has 0 bridgehead atoms. The van der Waals surface area contributed by atoms with E-state index >= 15 is 0 Å². The molecule has 0 aliphatic heterocycles. The molecule has 1 aliphatic carbocycles. The molecule has 21 heavy (non-hydrogen) atoms. The van der Waals surface area contributed by atoms with Gasteiger partial charge in [-0.3, -0.25) is 4.98 Å². The van der Waals surface area contributed by atoms with Crippen molar-refractivity contribution >= 4 is 0 Å². The Morgan fingerprint density at radius 3 is 2.67 bits per heavy atom. The lowest BCUT2D eigenvalue weighted by Gasteiger charge is -2.40. The highest BCUT2D eigenvalue weighted by molar-refractivity contribution is 5.33. The van der Waals surface area contributed by atoms with Crippen molar-refractivity contribution in [1.82, 2.24) is 9.97 Å². The molecular formula is C17H20N2O2. The van der Waals surface area contributed by atoms with Gasteiger partial charge in [0, 0.05) is 18.3 Å². The minimum atomic E-state index is -1.01. The van der Waals surface area contributed by atoms with Gasteiger partial charge in [-0.15, -0.1) is 0 Å². The molecule has 1 heterocycles. The van der Waals surface area contributed by atoms with E-state index in [1.165, 1.54) is 0 Å². The van der Waals surface area contributed by atoms with Gasteiger partial charge in [0.05, 0.1) is 7.11 Å². The molecule has 0 radical (unpaired) electrons. The van der Waals surface area contributed by atoms with Crippen molar-refractivity contribution in [3.63, 3.8) is 0 Å². The summed E-state index contributed by atoms with van der Waals surface area (Å²) in [6, 6.07) is 10.2. The smallest absolute Gasteiger partial charge is 0.238 e. The second-order valence-corrected chi connectivity index (χ2v) is 5.55. The molecule has 0 amide bonds. The van der Waals surface area contributed by atoms with Crippen LogP contribution in [0.15, 0.2) is 42.7 Å². The quantitative estimate of drug-likeness (QED) is 0.941. The van der Waals surface area contributed by atoms with E-state index < -0.39 is 5.60 Å². The first-order valence-electron chi connectivity index (χ1n) is 7.38. The Balaban J connectivity index is 2.07. The molecule has 1 N–H and O–H groups in total. The molecule has 1 saturated carbocycles. The maximum atomic E-state index is 11.4. The van der Waals surface area contributed by atoms with E-state index in [1.54, 1.807) is 19.5 Å². The number of nitrogens with zero attached hydrogens (tertiary/aromatic N) is 2. The van der Waals surface area contributed by atoms with Crippen LogP contribution in [-0.2, 0) is 5.60 Å². The van der Waals surface area contributed by atoms with Crippen LogP contribution in [-0.4, -0.2) is 22.2 Å². The number of ether oxygens (including phenoxy) is 1. The topological polar surface area (TPSA) is 55.2 Å². The Hall–Kier alpha value is -1.94. The molecule has 2 unspecified atom stereocenters. The van der Waals surface area contributed by atoms with Gasteiger partial charge in [0.15, 0.2) is 0 Å². The highest BCUT2D eigenvalue weighted by atomic mass is 16.5. The van der Waals surface area contributed by atoms with Gasteiger partial charge in [-0.1, -0.05) is 43.2 Å². The first-order valence-corrected chi connectivity index (χ1v) is 7.38. The van der Waals surface area contributed by atoms with E-state index in [4.69, 9.17) is 4.74 Å². The largest absolute Gasteiger partial charge is 0.480 e. The Morgan fingerprint density at radius 1 is 1.14 bits per heavy atom. The molecule has 0 spiro atoms. The van der Waals surface area contributed by atoms with E-state index in [9.17, 15) is 5.11 Å². The van der Waals surface area contributed by atoms with Crippen LogP contribution in [0.4, 0.5) is 0 Å². The van der Waals surface area contributed by atoms with Crippen LogP contribution in [0.5, 0.6) is 5.88 Å². The Morgan fingerprint density at radius 2 is 1.90 bits per heavy atom. The molecule has 1 fully saturated rings. The number of methoxy groups -OCH3 is 1. The summed E-state index contributed by atoms with van der Waals surface area (Å²) in [5, 5.41) is 11.4. The highest BCUT2D eigenvalue weighted by Gasteiger charge is 2.44. The summed E-state index contributed by atoms with van der Waals surface area (Å²) in [5.41, 5.74) is 0.688. The predicted molar refractivity (Wildman–Crippen MR) is 80.1 cm³/mol. The monoisotopic (exact) mass is 284 g/mol. The maximum Gasteiger partial charge on any atom is 0.238 e. The molecular weight excluding hydrogens is 264 g/mol. The fourth-order valence-electron chi connectivity index (χ4n) is 3.34. The van der Waals surface area contributed by atoms with Crippen LogP contribution >= 0.6 is 0 Å². The molecule has 0 saturated heterocycles. The highest BCUT2D eigenvalue weighted by Crippen LogP contribution is 2.48. The lowest BCUT2D eigenvalue weighted by atomic mass is 9.70. The zero-order valence-electron chi connectivity index (χ0n) is 12.2. The van der Waals surface area contributed by atoms with Crippen molar-refractivity contribution in [1.29, 1.82) is 0 Å². The van der Waals surface area contributed by atoms with E-state index in [0.29, 0.717) is 18.0 Å². The standard InChI is InChI=1S/C17H20N2O2/c1-21-16-15(18-11-12-19-16)17(20)10-6-5-9-14(17)13-7-3-2-4-8-13/h2-4,7-8,11-12,14,20H,5-6,9-10H2,1H3. The molecule has 4 nitrogen and oxygen atoms in total. The molecule has 1 aromatic heterocycles. The number of rotatable bonds is 3.